The van der Waals surface area contributed by atoms with Crippen LogP contribution in [0.5, 0.6) is 11.5 Å². The van der Waals surface area contributed by atoms with Gasteiger partial charge in [-0.25, -0.2) is 0 Å². The minimum atomic E-state index is -2.14. The third-order valence-corrected chi connectivity index (χ3v) is 6.04. The maximum Gasteiger partial charge on any atom is 0.247 e. The molecule has 0 fully saturated rings. The number of phenols is 2. The Morgan fingerprint density at radius 1 is 0.864 bits per heavy atom. The second-order valence-electron chi connectivity index (χ2n) is 4.92. The molecular weight excluding hydrogens is 296 g/mol. The van der Waals surface area contributed by atoms with E-state index in [2.05, 4.69) is 0 Å². The van der Waals surface area contributed by atoms with Gasteiger partial charge in [0, 0.05) is 30.2 Å². The van der Waals surface area contributed by atoms with E-state index >= 15 is 0 Å². The molecule has 4 nitrogen and oxygen atoms in total. The Bertz CT molecular complexity index is 543. The molecule has 5 heteroatoms. The highest BCUT2D eigenvalue weighted by atomic mass is 28.3. The lowest BCUT2D eigenvalue weighted by atomic mass is 10.3. The fourth-order valence-electron chi connectivity index (χ4n) is 2.27. The maximum atomic E-state index is 10.1. The summed E-state index contributed by atoms with van der Waals surface area (Å²) in [5, 5.41) is 21.8. The summed E-state index contributed by atoms with van der Waals surface area (Å²) in [6.07, 6.45) is 0.790. The average molecular weight is 318 g/mol. The first-order valence-electron chi connectivity index (χ1n) is 7.49. The van der Waals surface area contributed by atoms with Crippen LogP contribution in [0.3, 0.4) is 0 Å². The first-order valence-corrected chi connectivity index (χ1v) is 9.11. The summed E-state index contributed by atoms with van der Waals surface area (Å²) in [6.45, 7) is 3.85. The molecule has 2 N–H and O–H groups in total. The molecule has 2 rings (SSSR count). The van der Waals surface area contributed by atoms with Crippen molar-refractivity contribution in [3.63, 3.8) is 0 Å². The molecular formula is C17H22O4Si. The van der Waals surface area contributed by atoms with Gasteiger partial charge in [0.15, 0.2) is 0 Å². The summed E-state index contributed by atoms with van der Waals surface area (Å²) in [4.78, 5) is 0. The Morgan fingerprint density at radius 2 is 1.41 bits per heavy atom. The SMILES string of the molecule is CCOCCCO[SiH](c1ccccc1O)c1ccccc1O. The van der Waals surface area contributed by atoms with E-state index in [1.54, 1.807) is 24.3 Å². The van der Waals surface area contributed by atoms with Crippen molar-refractivity contribution in [1.82, 2.24) is 0 Å². The third kappa shape index (κ3) is 4.33. The molecule has 22 heavy (non-hydrogen) atoms. The Balaban J connectivity index is 2.18. The molecule has 0 bridgehead atoms. The van der Waals surface area contributed by atoms with E-state index in [1.807, 2.05) is 31.2 Å². The van der Waals surface area contributed by atoms with Gasteiger partial charge in [0.2, 0.25) is 9.04 Å². The van der Waals surface area contributed by atoms with Crippen LogP contribution in [0.1, 0.15) is 13.3 Å². The molecule has 0 aliphatic heterocycles. The number of hydrogen-bond donors (Lipinski definition) is 2. The minimum Gasteiger partial charge on any atom is -0.508 e. The zero-order valence-corrected chi connectivity index (χ0v) is 13.9. The van der Waals surface area contributed by atoms with Crippen LogP contribution in [0.25, 0.3) is 0 Å². The summed E-state index contributed by atoms with van der Waals surface area (Å²) < 4.78 is 11.4. The van der Waals surface area contributed by atoms with Crippen molar-refractivity contribution in [3.8, 4) is 11.5 Å². The van der Waals surface area contributed by atoms with Gasteiger partial charge in [-0.2, -0.15) is 0 Å². The number of aromatic hydroxyl groups is 2. The van der Waals surface area contributed by atoms with Crippen molar-refractivity contribution < 1.29 is 19.4 Å². The van der Waals surface area contributed by atoms with E-state index in [0.717, 1.165) is 16.8 Å². The number of ether oxygens (including phenoxy) is 1. The van der Waals surface area contributed by atoms with Gasteiger partial charge < -0.3 is 19.4 Å². The Hall–Kier alpha value is -1.82. The topological polar surface area (TPSA) is 58.9 Å². The highest BCUT2D eigenvalue weighted by molar-refractivity contribution is 6.81. The summed E-state index contributed by atoms with van der Waals surface area (Å²) in [5.74, 6) is 0.430. The smallest absolute Gasteiger partial charge is 0.247 e. The molecule has 0 aromatic heterocycles. The van der Waals surface area contributed by atoms with Crippen molar-refractivity contribution in [3.05, 3.63) is 48.5 Å². The van der Waals surface area contributed by atoms with Crippen LogP contribution in [0.2, 0.25) is 0 Å². The average Bonchev–Trinajstić information content (AvgIpc) is 2.53. The molecule has 0 saturated heterocycles. The molecule has 2 aromatic rings. The Morgan fingerprint density at radius 3 is 1.91 bits per heavy atom. The highest BCUT2D eigenvalue weighted by Crippen LogP contribution is 2.11. The van der Waals surface area contributed by atoms with Crippen LogP contribution >= 0.6 is 0 Å². The monoisotopic (exact) mass is 318 g/mol. The van der Waals surface area contributed by atoms with Crippen LogP contribution in [-0.4, -0.2) is 39.1 Å². The van der Waals surface area contributed by atoms with Crippen molar-refractivity contribution in [2.75, 3.05) is 19.8 Å². The van der Waals surface area contributed by atoms with Gasteiger partial charge in [0.1, 0.15) is 11.5 Å². The predicted molar refractivity (Wildman–Crippen MR) is 89.7 cm³/mol. The Labute approximate surface area is 132 Å². The van der Waals surface area contributed by atoms with Crippen LogP contribution < -0.4 is 10.4 Å². The number of para-hydroxylation sites is 2. The van der Waals surface area contributed by atoms with Crippen molar-refractivity contribution in [1.29, 1.82) is 0 Å². The Kier molecular flexibility index (Phi) is 6.45. The minimum absolute atomic E-state index is 0.215. The zero-order chi connectivity index (χ0) is 15.8. The lowest BCUT2D eigenvalue weighted by Gasteiger charge is -2.19. The molecule has 0 spiro atoms. The first-order chi connectivity index (χ1) is 10.7. The molecule has 2 aromatic carbocycles. The third-order valence-electron chi connectivity index (χ3n) is 3.36. The summed E-state index contributed by atoms with van der Waals surface area (Å²) >= 11 is 0. The van der Waals surface area contributed by atoms with Gasteiger partial charge >= 0.3 is 0 Å². The van der Waals surface area contributed by atoms with Gasteiger partial charge in [0.25, 0.3) is 0 Å². The molecule has 0 atom stereocenters. The molecule has 0 saturated carbocycles. The largest absolute Gasteiger partial charge is 0.508 e. The van der Waals surface area contributed by atoms with Crippen molar-refractivity contribution >= 4 is 19.4 Å². The molecule has 118 valence electrons. The van der Waals surface area contributed by atoms with E-state index in [1.165, 1.54) is 0 Å². The van der Waals surface area contributed by atoms with E-state index in [0.29, 0.717) is 19.8 Å². The standard InChI is InChI=1S/C17H22O4Si/c1-2-20-12-7-13-21-22(16-10-5-3-8-14(16)18)17-11-6-4-9-15(17)19/h3-6,8-11,18-19,22H,2,7,12-13H2,1H3. The van der Waals surface area contributed by atoms with Gasteiger partial charge in [-0.05, 0) is 25.5 Å². The van der Waals surface area contributed by atoms with Crippen LogP contribution in [-0.2, 0) is 9.16 Å². The molecule has 0 unspecified atom stereocenters. The number of rotatable bonds is 8. The molecule has 0 heterocycles. The van der Waals surface area contributed by atoms with Crippen LogP contribution in [0.15, 0.2) is 48.5 Å². The number of phenolic OH excluding ortho intramolecular Hbond substituents is 2. The maximum absolute atomic E-state index is 10.1. The second kappa shape index (κ2) is 8.58. The highest BCUT2D eigenvalue weighted by Gasteiger charge is 2.23. The predicted octanol–water partition coefficient (Wildman–Crippen LogP) is 1.38. The normalized spacial score (nSPS) is 11.0. The number of hydrogen-bond acceptors (Lipinski definition) is 4. The van der Waals surface area contributed by atoms with Gasteiger partial charge in [-0.1, -0.05) is 36.4 Å². The number of benzene rings is 2. The van der Waals surface area contributed by atoms with Crippen LogP contribution in [0, 0.1) is 0 Å². The summed E-state index contributed by atoms with van der Waals surface area (Å²) in [5.41, 5.74) is 0. The second-order valence-corrected chi connectivity index (χ2v) is 7.26. The van der Waals surface area contributed by atoms with Gasteiger partial charge in [-0.15, -0.1) is 0 Å². The quantitative estimate of drug-likeness (QED) is 0.570. The fourth-order valence-corrected chi connectivity index (χ4v) is 4.67. The molecule has 0 radical (unpaired) electrons. The molecule has 0 amide bonds. The van der Waals surface area contributed by atoms with Crippen molar-refractivity contribution in [2.24, 2.45) is 0 Å². The van der Waals surface area contributed by atoms with Gasteiger partial charge in [0.05, 0.1) is 0 Å². The summed E-state index contributed by atoms with van der Waals surface area (Å²) in [7, 11) is -2.14. The fraction of sp³-hybridized carbons (Fsp3) is 0.294. The van der Waals surface area contributed by atoms with E-state index in [9.17, 15) is 10.2 Å². The van der Waals surface area contributed by atoms with Crippen molar-refractivity contribution in [2.45, 2.75) is 13.3 Å². The molecule has 0 aliphatic rings. The lowest BCUT2D eigenvalue weighted by Crippen LogP contribution is -2.45. The molecule has 0 aliphatic carbocycles. The van der Waals surface area contributed by atoms with E-state index in [4.69, 9.17) is 9.16 Å². The summed E-state index contributed by atoms with van der Waals surface area (Å²) in [6, 6.07) is 14.3. The van der Waals surface area contributed by atoms with E-state index in [-0.39, 0.29) is 11.5 Å². The van der Waals surface area contributed by atoms with Crippen LogP contribution in [0.4, 0.5) is 0 Å². The van der Waals surface area contributed by atoms with Gasteiger partial charge in [-0.3, -0.25) is 0 Å². The zero-order valence-electron chi connectivity index (χ0n) is 12.7. The first kappa shape index (κ1) is 16.5. The lowest BCUT2D eigenvalue weighted by molar-refractivity contribution is 0.131. The van der Waals surface area contributed by atoms with E-state index < -0.39 is 9.04 Å².